The second kappa shape index (κ2) is 7.31. The van der Waals surface area contributed by atoms with Gasteiger partial charge >= 0.3 is 0 Å². The van der Waals surface area contributed by atoms with E-state index in [1.807, 2.05) is 6.92 Å². The Balaban J connectivity index is 1.93. The van der Waals surface area contributed by atoms with Crippen molar-refractivity contribution < 1.29 is 14.3 Å². The lowest BCUT2D eigenvalue weighted by molar-refractivity contribution is -0.136. The van der Waals surface area contributed by atoms with E-state index in [0.29, 0.717) is 36.0 Å². The van der Waals surface area contributed by atoms with Gasteiger partial charge in [-0.1, -0.05) is 11.6 Å². The van der Waals surface area contributed by atoms with Crippen LogP contribution >= 0.6 is 11.6 Å². The summed E-state index contributed by atoms with van der Waals surface area (Å²) in [6, 6.07) is 5.09. The zero-order valence-corrected chi connectivity index (χ0v) is 12.8. The van der Waals surface area contributed by atoms with Crippen LogP contribution in [-0.2, 0) is 9.59 Å². The lowest BCUT2D eigenvalue weighted by atomic mass is 10.1. The molecule has 114 valence electrons. The molecule has 0 saturated carbocycles. The van der Waals surface area contributed by atoms with Crippen molar-refractivity contribution in [1.82, 2.24) is 4.90 Å². The molecule has 0 unspecified atom stereocenters. The first-order chi connectivity index (χ1) is 10.1. The fourth-order valence-electron chi connectivity index (χ4n) is 2.25. The van der Waals surface area contributed by atoms with E-state index in [-0.39, 0.29) is 18.4 Å². The van der Waals surface area contributed by atoms with Crippen LogP contribution < -0.4 is 10.1 Å². The number of nitrogens with one attached hydrogen (secondary N) is 1. The van der Waals surface area contributed by atoms with Gasteiger partial charge in [-0.25, -0.2) is 0 Å². The predicted octanol–water partition coefficient (Wildman–Crippen LogP) is 2.69. The molecule has 2 amide bonds. The van der Waals surface area contributed by atoms with E-state index in [4.69, 9.17) is 16.3 Å². The molecular formula is C15H19ClN2O3. The summed E-state index contributed by atoms with van der Waals surface area (Å²) in [6.45, 7) is 3.14. The summed E-state index contributed by atoms with van der Waals surface area (Å²) in [5.74, 6) is 0.412. The number of piperidine rings is 1. The molecule has 0 aliphatic carbocycles. The molecule has 5 nitrogen and oxygen atoms in total. The quantitative estimate of drug-likeness (QED) is 0.909. The van der Waals surface area contributed by atoms with E-state index in [1.165, 1.54) is 0 Å². The van der Waals surface area contributed by atoms with E-state index in [9.17, 15) is 9.59 Å². The summed E-state index contributed by atoms with van der Waals surface area (Å²) in [4.78, 5) is 25.2. The second-order valence-corrected chi connectivity index (χ2v) is 5.31. The van der Waals surface area contributed by atoms with Crippen LogP contribution in [0.5, 0.6) is 5.75 Å². The number of anilines is 1. The van der Waals surface area contributed by atoms with Crippen LogP contribution in [0.2, 0.25) is 5.02 Å². The molecule has 6 heteroatoms. The maximum absolute atomic E-state index is 12.0. The number of hydrogen-bond donors (Lipinski definition) is 1. The van der Waals surface area contributed by atoms with Crippen molar-refractivity contribution in [3.8, 4) is 5.75 Å². The molecule has 0 spiro atoms. The minimum absolute atomic E-state index is 0.0427. The van der Waals surface area contributed by atoms with Crippen LogP contribution in [0, 0.1) is 0 Å². The number of likely N-dealkylation sites (tertiary alicyclic amines) is 1. The summed E-state index contributed by atoms with van der Waals surface area (Å²) in [5.41, 5.74) is 0.595. The Morgan fingerprint density at radius 2 is 2.24 bits per heavy atom. The molecule has 1 heterocycles. The molecule has 1 aliphatic rings. The van der Waals surface area contributed by atoms with Crippen molar-refractivity contribution in [2.45, 2.75) is 26.2 Å². The molecule has 1 N–H and O–H groups in total. The predicted molar refractivity (Wildman–Crippen MR) is 81.7 cm³/mol. The Morgan fingerprint density at radius 1 is 1.43 bits per heavy atom. The molecule has 21 heavy (non-hydrogen) atoms. The molecule has 0 aromatic heterocycles. The molecule has 1 saturated heterocycles. The van der Waals surface area contributed by atoms with E-state index in [1.54, 1.807) is 23.1 Å². The SMILES string of the molecule is CCOc1ccc(NC(=O)CN2CCCCC2=O)cc1Cl. The highest BCUT2D eigenvalue weighted by molar-refractivity contribution is 6.32. The van der Waals surface area contributed by atoms with Crippen molar-refractivity contribution in [2.24, 2.45) is 0 Å². The Bertz CT molecular complexity index is 534. The van der Waals surface area contributed by atoms with E-state index < -0.39 is 0 Å². The molecule has 0 atom stereocenters. The summed E-state index contributed by atoms with van der Waals surface area (Å²) in [5, 5.41) is 3.19. The van der Waals surface area contributed by atoms with Crippen molar-refractivity contribution in [3.05, 3.63) is 23.2 Å². The number of amides is 2. The fraction of sp³-hybridized carbons (Fsp3) is 0.467. The number of carbonyl (C=O) groups excluding carboxylic acids is 2. The highest BCUT2D eigenvalue weighted by atomic mass is 35.5. The van der Waals surface area contributed by atoms with Crippen LogP contribution in [-0.4, -0.2) is 36.4 Å². The number of benzene rings is 1. The third-order valence-corrected chi connectivity index (χ3v) is 3.57. The van der Waals surface area contributed by atoms with Gasteiger partial charge in [0.1, 0.15) is 5.75 Å². The van der Waals surface area contributed by atoms with Gasteiger partial charge in [0, 0.05) is 18.7 Å². The van der Waals surface area contributed by atoms with Crippen LogP contribution in [0.15, 0.2) is 18.2 Å². The van der Waals surface area contributed by atoms with Gasteiger partial charge in [-0.15, -0.1) is 0 Å². The summed E-state index contributed by atoms with van der Waals surface area (Å²) < 4.78 is 5.33. The van der Waals surface area contributed by atoms with Gasteiger partial charge in [0.2, 0.25) is 11.8 Å². The molecule has 1 fully saturated rings. The number of rotatable bonds is 5. The average molecular weight is 311 g/mol. The van der Waals surface area contributed by atoms with Gasteiger partial charge in [-0.2, -0.15) is 0 Å². The third-order valence-electron chi connectivity index (χ3n) is 3.27. The van der Waals surface area contributed by atoms with Crippen LogP contribution in [0.1, 0.15) is 26.2 Å². The van der Waals surface area contributed by atoms with E-state index >= 15 is 0 Å². The largest absolute Gasteiger partial charge is 0.492 e. The zero-order chi connectivity index (χ0) is 15.2. The first kappa shape index (κ1) is 15.6. The van der Waals surface area contributed by atoms with E-state index in [2.05, 4.69) is 5.32 Å². The molecule has 0 bridgehead atoms. The number of carbonyl (C=O) groups is 2. The first-order valence-corrected chi connectivity index (χ1v) is 7.48. The number of halogens is 1. The van der Waals surface area contributed by atoms with Gasteiger partial charge in [-0.3, -0.25) is 9.59 Å². The minimum Gasteiger partial charge on any atom is -0.492 e. The third kappa shape index (κ3) is 4.36. The summed E-state index contributed by atoms with van der Waals surface area (Å²) >= 11 is 6.07. The summed E-state index contributed by atoms with van der Waals surface area (Å²) in [7, 11) is 0. The molecule has 2 rings (SSSR count). The monoisotopic (exact) mass is 310 g/mol. The fourth-order valence-corrected chi connectivity index (χ4v) is 2.49. The standard InChI is InChI=1S/C15H19ClN2O3/c1-2-21-13-7-6-11(9-12(13)16)17-14(19)10-18-8-4-3-5-15(18)20/h6-7,9H,2-5,8,10H2,1H3,(H,17,19). The maximum atomic E-state index is 12.0. The number of hydrogen-bond acceptors (Lipinski definition) is 3. The normalized spacial score (nSPS) is 15.0. The highest BCUT2D eigenvalue weighted by Gasteiger charge is 2.20. The molecule has 1 aliphatic heterocycles. The smallest absolute Gasteiger partial charge is 0.243 e. The Kier molecular flexibility index (Phi) is 5.44. The Morgan fingerprint density at radius 3 is 2.90 bits per heavy atom. The van der Waals surface area contributed by atoms with Crippen LogP contribution in [0.4, 0.5) is 5.69 Å². The van der Waals surface area contributed by atoms with Gasteiger partial charge in [-0.05, 0) is 38.0 Å². The second-order valence-electron chi connectivity index (χ2n) is 4.90. The van der Waals surface area contributed by atoms with Crippen LogP contribution in [0.3, 0.4) is 0 Å². The number of ether oxygens (including phenoxy) is 1. The Hall–Kier alpha value is -1.75. The van der Waals surface area contributed by atoms with Gasteiger partial charge in [0.25, 0.3) is 0 Å². The van der Waals surface area contributed by atoms with Crippen LogP contribution in [0.25, 0.3) is 0 Å². The minimum atomic E-state index is -0.217. The molecule has 1 aromatic carbocycles. The lowest BCUT2D eigenvalue weighted by Gasteiger charge is -2.26. The van der Waals surface area contributed by atoms with Gasteiger partial charge < -0.3 is 15.0 Å². The summed E-state index contributed by atoms with van der Waals surface area (Å²) in [6.07, 6.45) is 2.39. The van der Waals surface area contributed by atoms with Crippen molar-refractivity contribution in [2.75, 3.05) is 25.0 Å². The van der Waals surface area contributed by atoms with Crippen molar-refractivity contribution >= 4 is 29.1 Å². The topological polar surface area (TPSA) is 58.6 Å². The highest BCUT2D eigenvalue weighted by Crippen LogP contribution is 2.27. The lowest BCUT2D eigenvalue weighted by Crippen LogP contribution is -2.40. The number of nitrogens with zero attached hydrogens (tertiary/aromatic N) is 1. The molecule has 0 radical (unpaired) electrons. The van der Waals surface area contributed by atoms with Gasteiger partial charge in [0.05, 0.1) is 18.2 Å². The molecular weight excluding hydrogens is 292 g/mol. The van der Waals surface area contributed by atoms with E-state index in [0.717, 1.165) is 12.8 Å². The van der Waals surface area contributed by atoms with Crippen molar-refractivity contribution in [3.63, 3.8) is 0 Å². The molecule has 1 aromatic rings. The Labute approximate surface area is 129 Å². The maximum Gasteiger partial charge on any atom is 0.243 e. The first-order valence-electron chi connectivity index (χ1n) is 7.10. The van der Waals surface area contributed by atoms with Gasteiger partial charge in [0.15, 0.2) is 0 Å². The average Bonchev–Trinajstić information content (AvgIpc) is 2.44. The van der Waals surface area contributed by atoms with Crippen molar-refractivity contribution in [1.29, 1.82) is 0 Å². The zero-order valence-electron chi connectivity index (χ0n) is 12.0.